The number of nitrogens with one attached hydrogen (secondary N) is 1. The average molecular weight is 363 g/mol. The summed E-state index contributed by atoms with van der Waals surface area (Å²) in [6.07, 6.45) is 5.63. The van der Waals surface area contributed by atoms with E-state index in [2.05, 4.69) is 16.0 Å². The minimum absolute atomic E-state index is 0.00672. The lowest BCUT2D eigenvalue weighted by Crippen LogP contribution is -2.33. The summed E-state index contributed by atoms with van der Waals surface area (Å²) in [6.45, 7) is 5.68. The normalized spacial score (nSPS) is 10.6. The number of phenols is 1. The first kappa shape index (κ1) is 21.2. The minimum atomic E-state index is -0.594. The van der Waals surface area contributed by atoms with Crippen molar-refractivity contribution < 1.29 is 28.9 Å². The van der Waals surface area contributed by atoms with E-state index in [1.807, 2.05) is 0 Å². The number of aromatic hydroxyl groups is 1. The zero-order valence-corrected chi connectivity index (χ0v) is 15.5. The first-order valence-electron chi connectivity index (χ1n) is 8.15. The van der Waals surface area contributed by atoms with E-state index < -0.39 is 17.7 Å². The van der Waals surface area contributed by atoms with Gasteiger partial charge in [0, 0.05) is 12.1 Å². The smallest absolute Gasteiger partial charge is 0.407 e. The standard InChI is InChI=1S/C19H25NO6/c1-6-10-25-16-12-13(17(22)24-5)11-15(21)14(16)8-7-9-20-18(23)26-19(2,3)4/h1,11-12,21H,7-10H2,2-5H3,(H,20,23). The van der Waals surface area contributed by atoms with E-state index in [0.717, 1.165) is 0 Å². The summed E-state index contributed by atoms with van der Waals surface area (Å²) in [5.74, 6) is 1.95. The number of hydrogen-bond donors (Lipinski definition) is 2. The number of amides is 1. The summed E-state index contributed by atoms with van der Waals surface area (Å²) in [5.41, 5.74) is 0.0917. The van der Waals surface area contributed by atoms with Crippen molar-refractivity contribution in [2.75, 3.05) is 20.3 Å². The number of alkyl carbamates (subject to hydrolysis) is 1. The molecule has 0 radical (unpaired) electrons. The molecule has 0 saturated carbocycles. The van der Waals surface area contributed by atoms with Gasteiger partial charge in [-0.3, -0.25) is 0 Å². The fourth-order valence-corrected chi connectivity index (χ4v) is 2.14. The molecule has 0 aliphatic rings. The lowest BCUT2D eigenvalue weighted by Gasteiger charge is -2.19. The number of benzene rings is 1. The highest BCUT2D eigenvalue weighted by molar-refractivity contribution is 5.90. The molecule has 0 aliphatic heterocycles. The van der Waals surface area contributed by atoms with E-state index in [9.17, 15) is 14.7 Å². The van der Waals surface area contributed by atoms with Crippen LogP contribution >= 0.6 is 0 Å². The van der Waals surface area contributed by atoms with Crippen LogP contribution in [0.5, 0.6) is 11.5 Å². The molecule has 1 aromatic carbocycles. The molecule has 0 spiro atoms. The van der Waals surface area contributed by atoms with Crippen LogP contribution in [-0.4, -0.2) is 43.0 Å². The molecule has 0 aromatic heterocycles. The molecule has 0 unspecified atom stereocenters. The van der Waals surface area contributed by atoms with Crippen LogP contribution in [0.1, 0.15) is 43.1 Å². The monoisotopic (exact) mass is 363 g/mol. The molecule has 0 aliphatic carbocycles. The summed E-state index contributed by atoms with van der Waals surface area (Å²) in [4.78, 5) is 23.3. The van der Waals surface area contributed by atoms with Gasteiger partial charge in [-0.15, -0.1) is 6.42 Å². The fourth-order valence-electron chi connectivity index (χ4n) is 2.14. The Morgan fingerprint density at radius 3 is 2.58 bits per heavy atom. The second-order valence-corrected chi connectivity index (χ2v) is 6.49. The summed E-state index contributed by atoms with van der Waals surface area (Å²) in [5, 5.41) is 12.9. The van der Waals surface area contributed by atoms with Crippen molar-refractivity contribution in [1.82, 2.24) is 5.32 Å². The molecule has 1 amide bonds. The van der Waals surface area contributed by atoms with Crippen LogP contribution in [0.2, 0.25) is 0 Å². The predicted molar refractivity (Wildman–Crippen MR) is 96.3 cm³/mol. The predicted octanol–water partition coefficient (Wildman–Crippen LogP) is 2.65. The number of carbonyl (C=O) groups excluding carboxylic acids is 2. The van der Waals surface area contributed by atoms with Gasteiger partial charge in [0.25, 0.3) is 0 Å². The van der Waals surface area contributed by atoms with Crippen LogP contribution in [0.4, 0.5) is 4.79 Å². The van der Waals surface area contributed by atoms with Crippen molar-refractivity contribution in [3.8, 4) is 23.8 Å². The molecule has 1 aromatic rings. The average Bonchev–Trinajstić information content (AvgIpc) is 2.55. The van der Waals surface area contributed by atoms with Gasteiger partial charge >= 0.3 is 12.1 Å². The zero-order chi connectivity index (χ0) is 19.7. The van der Waals surface area contributed by atoms with Crippen molar-refractivity contribution in [2.24, 2.45) is 0 Å². The first-order chi connectivity index (χ1) is 12.2. The molecule has 0 heterocycles. The van der Waals surface area contributed by atoms with Gasteiger partial charge in [0.2, 0.25) is 0 Å². The molecule has 26 heavy (non-hydrogen) atoms. The maximum atomic E-state index is 11.7. The van der Waals surface area contributed by atoms with Crippen LogP contribution < -0.4 is 10.1 Å². The van der Waals surface area contributed by atoms with Crippen LogP contribution in [-0.2, 0) is 15.9 Å². The Labute approximate surface area is 153 Å². The van der Waals surface area contributed by atoms with Gasteiger partial charge in [0.05, 0.1) is 12.7 Å². The molecule has 7 nitrogen and oxygen atoms in total. The Balaban J connectivity index is 2.77. The third-order valence-electron chi connectivity index (χ3n) is 3.19. The van der Waals surface area contributed by atoms with E-state index in [1.165, 1.54) is 19.2 Å². The van der Waals surface area contributed by atoms with Crippen molar-refractivity contribution >= 4 is 12.1 Å². The van der Waals surface area contributed by atoms with Gasteiger partial charge in [-0.2, -0.15) is 0 Å². The van der Waals surface area contributed by atoms with Gasteiger partial charge in [0.15, 0.2) is 0 Å². The number of carbonyl (C=O) groups is 2. The van der Waals surface area contributed by atoms with Gasteiger partial charge in [-0.25, -0.2) is 9.59 Å². The SMILES string of the molecule is C#CCOc1cc(C(=O)OC)cc(O)c1CCCNC(=O)OC(C)(C)C. The van der Waals surface area contributed by atoms with Gasteiger partial charge in [-0.1, -0.05) is 5.92 Å². The van der Waals surface area contributed by atoms with Crippen LogP contribution in [0, 0.1) is 12.3 Å². The lowest BCUT2D eigenvalue weighted by molar-refractivity contribution is 0.0526. The van der Waals surface area contributed by atoms with Crippen molar-refractivity contribution in [2.45, 2.75) is 39.2 Å². The van der Waals surface area contributed by atoms with E-state index in [-0.39, 0.29) is 17.9 Å². The third kappa shape index (κ3) is 6.93. The summed E-state index contributed by atoms with van der Waals surface area (Å²) in [6, 6.07) is 2.78. The van der Waals surface area contributed by atoms with Crippen molar-refractivity contribution in [3.05, 3.63) is 23.3 Å². The number of rotatable bonds is 7. The highest BCUT2D eigenvalue weighted by Gasteiger charge is 2.17. The Morgan fingerprint density at radius 1 is 1.31 bits per heavy atom. The van der Waals surface area contributed by atoms with E-state index in [4.69, 9.17) is 15.9 Å². The minimum Gasteiger partial charge on any atom is -0.508 e. The Hall–Kier alpha value is -2.88. The number of terminal acetylenes is 1. The van der Waals surface area contributed by atoms with Crippen molar-refractivity contribution in [3.63, 3.8) is 0 Å². The number of ether oxygens (including phenoxy) is 3. The second kappa shape index (κ2) is 9.56. The van der Waals surface area contributed by atoms with E-state index in [0.29, 0.717) is 30.7 Å². The van der Waals surface area contributed by atoms with Gasteiger partial charge < -0.3 is 24.6 Å². The molecule has 0 saturated heterocycles. The van der Waals surface area contributed by atoms with E-state index in [1.54, 1.807) is 20.8 Å². The molecule has 0 fully saturated rings. The molecule has 0 bridgehead atoms. The maximum Gasteiger partial charge on any atom is 0.407 e. The molecule has 0 atom stereocenters. The molecular formula is C19H25NO6. The van der Waals surface area contributed by atoms with Crippen LogP contribution in [0.15, 0.2) is 12.1 Å². The molecule has 2 N–H and O–H groups in total. The summed E-state index contributed by atoms with van der Waals surface area (Å²) < 4.78 is 15.2. The highest BCUT2D eigenvalue weighted by Crippen LogP contribution is 2.31. The van der Waals surface area contributed by atoms with Crippen LogP contribution in [0.3, 0.4) is 0 Å². The third-order valence-corrected chi connectivity index (χ3v) is 3.19. The summed E-state index contributed by atoms with van der Waals surface area (Å²) >= 11 is 0. The Morgan fingerprint density at radius 2 is 2.00 bits per heavy atom. The molecular weight excluding hydrogens is 338 g/mol. The first-order valence-corrected chi connectivity index (χ1v) is 8.15. The second-order valence-electron chi connectivity index (χ2n) is 6.49. The van der Waals surface area contributed by atoms with Crippen LogP contribution in [0.25, 0.3) is 0 Å². The van der Waals surface area contributed by atoms with E-state index >= 15 is 0 Å². The Kier molecular flexibility index (Phi) is 7.78. The highest BCUT2D eigenvalue weighted by atomic mass is 16.6. The largest absolute Gasteiger partial charge is 0.508 e. The zero-order valence-electron chi connectivity index (χ0n) is 15.5. The lowest BCUT2D eigenvalue weighted by atomic mass is 10.0. The van der Waals surface area contributed by atoms with Crippen molar-refractivity contribution in [1.29, 1.82) is 0 Å². The van der Waals surface area contributed by atoms with Gasteiger partial charge in [-0.05, 0) is 45.7 Å². The number of methoxy groups -OCH3 is 1. The Bertz CT molecular complexity index is 684. The molecule has 1 rings (SSSR count). The molecule has 7 heteroatoms. The van der Waals surface area contributed by atoms with Gasteiger partial charge in [0.1, 0.15) is 23.7 Å². The number of esters is 1. The number of phenolic OH excluding ortho intramolecular Hbond substituents is 1. The fraction of sp³-hybridized carbons (Fsp3) is 0.474. The number of hydrogen-bond acceptors (Lipinski definition) is 6. The quantitative estimate of drug-likeness (QED) is 0.439. The molecule has 142 valence electrons. The maximum absolute atomic E-state index is 11.7. The topological polar surface area (TPSA) is 94.1 Å². The summed E-state index contributed by atoms with van der Waals surface area (Å²) in [7, 11) is 1.25.